The summed E-state index contributed by atoms with van der Waals surface area (Å²) in [4.78, 5) is 14.7. The first kappa shape index (κ1) is 19.7. The minimum atomic E-state index is 0.132. The van der Waals surface area contributed by atoms with E-state index in [2.05, 4.69) is 26.5 Å². The molecule has 1 aliphatic carbocycles. The summed E-state index contributed by atoms with van der Waals surface area (Å²) in [5.74, 6) is 1.97. The number of amides is 1. The van der Waals surface area contributed by atoms with Crippen molar-refractivity contribution in [2.75, 3.05) is 25.1 Å². The van der Waals surface area contributed by atoms with E-state index in [0.717, 1.165) is 62.3 Å². The zero-order chi connectivity index (χ0) is 20.1. The minimum Gasteiger partial charge on any atom is -0.497 e. The lowest BCUT2D eigenvalue weighted by atomic mass is 9.96. The van der Waals surface area contributed by atoms with E-state index in [1.807, 2.05) is 24.3 Å². The predicted octanol–water partition coefficient (Wildman–Crippen LogP) is 3.08. The summed E-state index contributed by atoms with van der Waals surface area (Å²) in [5, 5.41) is 12.1. The van der Waals surface area contributed by atoms with Crippen LogP contribution in [0.15, 0.2) is 30.3 Å². The second-order valence-electron chi connectivity index (χ2n) is 8.06. The van der Waals surface area contributed by atoms with Gasteiger partial charge in [-0.25, -0.2) is 0 Å². The molecule has 0 radical (unpaired) electrons. The maximum Gasteiger partial charge on any atom is 0.220 e. The summed E-state index contributed by atoms with van der Waals surface area (Å²) in [7, 11) is 1.66. The van der Waals surface area contributed by atoms with Gasteiger partial charge >= 0.3 is 0 Å². The summed E-state index contributed by atoms with van der Waals surface area (Å²) in [6.07, 6.45) is 7.83. The van der Waals surface area contributed by atoms with Crippen LogP contribution in [0.3, 0.4) is 0 Å². The van der Waals surface area contributed by atoms with E-state index in [1.165, 1.54) is 24.1 Å². The Morgan fingerprint density at radius 2 is 1.90 bits per heavy atom. The number of methoxy groups -OCH3 is 1. The van der Waals surface area contributed by atoms with Crippen molar-refractivity contribution >= 4 is 11.7 Å². The van der Waals surface area contributed by atoms with Crippen molar-refractivity contribution in [1.29, 1.82) is 0 Å². The molecule has 1 aromatic carbocycles. The number of carbonyl (C=O) groups excluding carboxylic acids is 1. The van der Waals surface area contributed by atoms with Crippen LogP contribution in [0.1, 0.15) is 48.9 Å². The molecule has 2 aromatic rings. The number of carbonyl (C=O) groups is 1. The van der Waals surface area contributed by atoms with Gasteiger partial charge in [0, 0.05) is 25.6 Å². The molecule has 6 heteroatoms. The second-order valence-corrected chi connectivity index (χ2v) is 8.06. The van der Waals surface area contributed by atoms with Gasteiger partial charge in [-0.15, -0.1) is 5.10 Å². The van der Waals surface area contributed by atoms with Gasteiger partial charge in [0.25, 0.3) is 0 Å². The van der Waals surface area contributed by atoms with Gasteiger partial charge in [0.15, 0.2) is 5.82 Å². The number of benzene rings is 1. The average molecular weight is 395 g/mol. The fourth-order valence-corrected chi connectivity index (χ4v) is 4.24. The highest BCUT2D eigenvalue weighted by atomic mass is 16.5. The molecule has 0 bridgehead atoms. The normalized spacial score (nSPS) is 16.9. The number of anilines is 1. The number of hydrogen-bond donors (Lipinski definition) is 1. The van der Waals surface area contributed by atoms with Crippen LogP contribution in [-0.4, -0.2) is 42.3 Å². The third-order valence-corrected chi connectivity index (χ3v) is 6.04. The molecule has 29 heavy (non-hydrogen) atoms. The molecule has 0 saturated carbocycles. The van der Waals surface area contributed by atoms with E-state index in [1.54, 1.807) is 7.11 Å². The molecule has 6 nitrogen and oxygen atoms in total. The third kappa shape index (κ3) is 5.05. The Bertz CT molecular complexity index is 829. The van der Waals surface area contributed by atoms with E-state index >= 15 is 0 Å². The molecular formula is C23H30N4O2. The van der Waals surface area contributed by atoms with Crippen molar-refractivity contribution in [3.63, 3.8) is 0 Å². The van der Waals surface area contributed by atoms with Crippen LogP contribution in [0.25, 0.3) is 0 Å². The van der Waals surface area contributed by atoms with Crippen LogP contribution in [0.4, 0.5) is 5.82 Å². The highest BCUT2D eigenvalue weighted by molar-refractivity contribution is 5.76. The topological polar surface area (TPSA) is 67.3 Å². The van der Waals surface area contributed by atoms with Crippen molar-refractivity contribution in [3.05, 3.63) is 47.2 Å². The number of nitrogens with zero attached hydrogens (tertiary/aromatic N) is 3. The summed E-state index contributed by atoms with van der Waals surface area (Å²) in [5.41, 5.74) is 3.70. The van der Waals surface area contributed by atoms with Gasteiger partial charge in [-0.2, -0.15) is 5.10 Å². The Labute approximate surface area is 172 Å². The first-order valence-corrected chi connectivity index (χ1v) is 10.7. The summed E-state index contributed by atoms with van der Waals surface area (Å²) >= 11 is 0. The lowest BCUT2D eigenvalue weighted by Gasteiger charge is -2.33. The zero-order valence-corrected chi connectivity index (χ0v) is 17.2. The summed E-state index contributed by atoms with van der Waals surface area (Å²) < 4.78 is 5.17. The smallest absolute Gasteiger partial charge is 0.220 e. The molecule has 2 aliphatic rings. The van der Waals surface area contributed by atoms with Crippen LogP contribution in [0.5, 0.6) is 5.75 Å². The Morgan fingerprint density at radius 1 is 1.14 bits per heavy atom. The second kappa shape index (κ2) is 9.25. The first-order chi connectivity index (χ1) is 14.2. The Hall–Kier alpha value is -2.63. The van der Waals surface area contributed by atoms with Crippen LogP contribution >= 0.6 is 0 Å². The molecule has 1 N–H and O–H groups in total. The molecule has 0 spiro atoms. The lowest BCUT2D eigenvalue weighted by molar-refractivity contribution is -0.121. The SMILES string of the molecule is COc1ccc(CCC(=O)NC2CCN(c3cc4c(nn3)CCCC4)CC2)cc1. The van der Waals surface area contributed by atoms with Crippen molar-refractivity contribution in [3.8, 4) is 5.75 Å². The molecule has 1 fully saturated rings. The fraction of sp³-hybridized carbons (Fsp3) is 0.522. The van der Waals surface area contributed by atoms with Crippen molar-refractivity contribution in [2.24, 2.45) is 0 Å². The molecule has 4 rings (SSSR count). The predicted molar refractivity (Wildman–Crippen MR) is 113 cm³/mol. The quantitative estimate of drug-likeness (QED) is 0.816. The van der Waals surface area contributed by atoms with E-state index in [-0.39, 0.29) is 11.9 Å². The van der Waals surface area contributed by atoms with Gasteiger partial charge in [-0.1, -0.05) is 12.1 Å². The van der Waals surface area contributed by atoms with E-state index in [9.17, 15) is 4.79 Å². The maximum absolute atomic E-state index is 12.3. The largest absolute Gasteiger partial charge is 0.497 e. The average Bonchev–Trinajstić information content (AvgIpc) is 2.78. The van der Waals surface area contributed by atoms with Crippen LogP contribution in [0.2, 0.25) is 0 Å². The van der Waals surface area contributed by atoms with Gasteiger partial charge in [-0.3, -0.25) is 4.79 Å². The number of hydrogen-bond acceptors (Lipinski definition) is 5. The lowest BCUT2D eigenvalue weighted by Crippen LogP contribution is -2.45. The molecule has 1 amide bonds. The van der Waals surface area contributed by atoms with E-state index in [0.29, 0.717) is 6.42 Å². The number of aromatic nitrogens is 2. The zero-order valence-electron chi connectivity index (χ0n) is 17.2. The number of rotatable bonds is 6. The van der Waals surface area contributed by atoms with Gasteiger partial charge in [0.2, 0.25) is 5.91 Å². The molecule has 2 heterocycles. The summed E-state index contributed by atoms with van der Waals surface area (Å²) in [6, 6.07) is 10.4. The number of aryl methyl sites for hydroxylation is 3. The van der Waals surface area contributed by atoms with Crippen LogP contribution < -0.4 is 15.0 Å². The van der Waals surface area contributed by atoms with Gasteiger partial charge in [-0.05, 0) is 74.3 Å². The Balaban J connectivity index is 1.22. The van der Waals surface area contributed by atoms with Crippen molar-refractivity contribution in [2.45, 2.75) is 57.4 Å². The van der Waals surface area contributed by atoms with E-state index in [4.69, 9.17) is 4.74 Å². The minimum absolute atomic E-state index is 0.132. The Kier molecular flexibility index (Phi) is 6.27. The third-order valence-electron chi connectivity index (χ3n) is 6.04. The monoisotopic (exact) mass is 394 g/mol. The molecule has 154 valence electrons. The van der Waals surface area contributed by atoms with Gasteiger partial charge in [0.1, 0.15) is 5.75 Å². The van der Waals surface area contributed by atoms with Gasteiger partial charge in [0.05, 0.1) is 12.8 Å². The standard InChI is InChI=1S/C23H30N4O2/c1-29-20-9-6-17(7-10-20)8-11-23(28)24-19-12-14-27(15-13-19)22-16-18-4-2-3-5-21(18)25-26-22/h6-7,9-10,16,19H,2-5,8,11-15H2,1H3,(H,24,28). The summed E-state index contributed by atoms with van der Waals surface area (Å²) in [6.45, 7) is 1.83. The number of nitrogens with one attached hydrogen (secondary N) is 1. The number of piperidine rings is 1. The fourth-order valence-electron chi connectivity index (χ4n) is 4.24. The van der Waals surface area contributed by atoms with Gasteiger partial charge < -0.3 is 15.0 Å². The Morgan fingerprint density at radius 3 is 2.66 bits per heavy atom. The molecule has 1 aromatic heterocycles. The maximum atomic E-state index is 12.3. The highest BCUT2D eigenvalue weighted by Gasteiger charge is 2.23. The highest BCUT2D eigenvalue weighted by Crippen LogP contribution is 2.24. The first-order valence-electron chi connectivity index (χ1n) is 10.7. The van der Waals surface area contributed by atoms with E-state index < -0.39 is 0 Å². The number of ether oxygens (including phenoxy) is 1. The van der Waals surface area contributed by atoms with Crippen LogP contribution in [-0.2, 0) is 24.1 Å². The van der Waals surface area contributed by atoms with Crippen molar-refractivity contribution in [1.82, 2.24) is 15.5 Å². The molecule has 0 unspecified atom stereocenters. The molecular weight excluding hydrogens is 364 g/mol. The number of fused-ring (bicyclic) bond motifs is 1. The molecule has 1 aliphatic heterocycles. The van der Waals surface area contributed by atoms with Crippen molar-refractivity contribution < 1.29 is 9.53 Å². The van der Waals surface area contributed by atoms with Crippen LogP contribution in [0, 0.1) is 0 Å². The molecule has 0 atom stereocenters. The molecule has 1 saturated heterocycles.